The summed E-state index contributed by atoms with van der Waals surface area (Å²) in [6.45, 7) is 0.887. The predicted molar refractivity (Wildman–Crippen MR) is 97.5 cm³/mol. The van der Waals surface area contributed by atoms with Gasteiger partial charge in [0.15, 0.2) is 0 Å². The quantitative estimate of drug-likeness (QED) is 0.758. The van der Waals surface area contributed by atoms with Gasteiger partial charge in [0.05, 0.1) is 11.4 Å². The lowest BCUT2D eigenvalue weighted by Crippen LogP contribution is -2.17. The zero-order valence-electron chi connectivity index (χ0n) is 15.2. The molecule has 2 heterocycles. The maximum atomic E-state index is 12.4. The van der Waals surface area contributed by atoms with E-state index in [2.05, 4.69) is 10.1 Å². The number of aromatic nitrogens is 2. The van der Waals surface area contributed by atoms with Crippen LogP contribution in [0.1, 0.15) is 62.1 Å². The third-order valence-corrected chi connectivity index (χ3v) is 5.47. The first kappa shape index (κ1) is 18.2. The number of fused-ring (bicyclic) bond motifs is 1. The molecule has 0 amide bonds. The first-order chi connectivity index (χ1) is 13.0. The second kappa shape index (κ2) is 7.44. The Morgan fingerprint density at radius 3 is 2.44 bits per heavy atom. The largest absolute Gasteiger partial charge is 0.573 e. The van der Waals surface area contributed by atoms with Crippen molar-refractivity contribution in [1.29, 1.82) is 0 Å². The Kier molecular flexibility index (Phi) is 5.02. The van der Waals surface area contributed by atoms with Gasteiger partial charge in [-0.25, -0.2) is 4.68 Å². The molecule has 146 valence electrons. The highest BCUT2D eigenvalue weighted by molar-refractivity contribution is 5.55. The minimum atomic E-state index is -4.68. The molecule has 1 N–H and O–H groups in total. The summed E-state index contributed by atoms with van der Waals surface area (Å²) in [6, 6.07) is 5.94. The molecule has 1 saturated carbocycles. The van der Waals surface area contributed by atoms with Crippen LogP contribution in [0.4, 0.5) is 19.0 Å². The van der Waals surface area contributed by atoms with Crippen molar-refractivity contribution in [1.82, 2.24) is 9.78 Å². The Morgan fingerprint density at radius 2 is 1.74 bits per heavy atom. The predicted octanol–water partition coefficient (Wildman–Crippen LogP) is 5.57. The van der Waals surface area contributed by atoms with Crippen LogP contribution in [0, 0.1) is 0 Å². The average Bonchev–Trinajstić information content (AvgIpc) is 2.83. The number of halogens is 3. The van der Waals surface area contributed by atoms with Crippen molar-refractivity contribution in [3.05, 3.63) is 35.5 Å². The second-order valence-electron chi connectivity index (χ2n) is 7.38. The number of hydrogen-bond acceptors (Lipinski definition) is 3. The van der Waals surface area contributed by atoms with Gasteiger partial charge in [-0.05, 0) is 56.4 Å². The molecule has 0 saturated heterocycles. The highest BCUT2D eigenvalue weighted by Gasteiger charge is 2.31. The van der Waals surface area contributed by atoms with E-state index in [0.717, 1.165) is 37.3 Å². The molecule has 0 radical (unpaired) electrons. The lowest BCUT2D eigenvalue weighted by molar-refractivity contribution is -0.274. The highest BCUT2D eigenvalue weighted by atomic mass is 19.4. The van der Waals surface area contributed by atoms with Crippen molar-refractivity contribution in [3.8, 4) is 11.4 Å². The van der Waals surface area contributed by atoms with E-state index < -0.39 is 6.36 Å². The van der Waals surface area contributed by atoms with E-state index in [1.807, 2.05) is 4.68 Å². The summed E-state index contributed by atoms with van der Waals surface area (Å²) in [7, 11) is 0. The van der Waals surface area contributed by atoms with Gasteiger partial charge >= 0.3 is 6.36 Å². The number of nitrogens with one attached hydrogen (secondary N) is 1. The first-order valence-electron chi connectivity index (χ1n) is 9.73. The van der Waals surface area contributed by atoms with E-state index in [-0.39, 0.29) is 5.75 Å². The molecule has 2 aliphatic rings. The van der Waals surface area contributed by atoms with Crippen LogP contribution in [-0.2, 0) is 6.42 Å². The molecular weight excluding hydrogens is 355 g/mol. The summed E-state index contributed by atoms with van der Waals surface area (Å²) >= 11 is 0. The smallest absolute Gasteiger partial charge is 0.406 e. The second-order valence-corrected chi connectivity index (χ2v) is 7.38. The van der Waals surface area contributed by atoms with Crippen LogP contribution in [0.5, 0.6) is 5.75 Å². The lowest BCUT2D eigenvalue weighted by atomic mass is 9.85. The Balaban J connectivity index is 1.68. The molecule has 4 rings (SSSR count). The van der Waals surface area contributed by atoms with Crippen LogP contribution in [0.15, 0.2) is 24.3 Å². The maximum Gasteiger partial charge on any atom is 0.573 e. The zero-order valence-corrected chi connectivity index (χ0v) is 15.2. The fourth-order valence-electron chi connectivity index (χ4n) is 4.21. The molecule has 27 heavy (non-hydrogen) atoms. The van der Waals surface area contributed by atoms with Crippen LogP contribution in [0.2, 0.25) is 0 Å². The maximum absolute atomic E-state index is 12.4. The normalized spacial score (nSPS) is 18.5. The molecule has 4 nitrogen and oxygen atoms in total. The van der Waals surface area contributed by atoms with Crippen LogP contribution in [0.25, 0.3) is 5.69 Å². The molecule has 7 heteroatoms. The summed E-state index contributed by atoms with van der Waals surface area (Å²) < 4.78 is 43.0. The lowest BCUT2D eigenvalue weighted by Gasteiger charge is -2.20. The number of nitrogens with zero attached hydrogens (tertiary/aromatic N) is 2. The fraction of sp³-hybridized carbons (Fsp3) is 0.550. The number of hydrogen-bond donors (Lipinski definition) is 1. The number of rotatable bonds is 3. The minimum Gasteiger partial charge on any atom is -0.406 e. The molecule has 0 spiro atoms. The molecule has 1 aliphatic heterocycles. The highest BCUT2D eigenvalue weighted by Crippen LogP contribution is 2.38. The molecular formula is C20H24F3N3O. The summed E-state index contributed by atoms with van der Waals surface area (Å²) in [5.74, 6) is 1.27. The van der Waals surface area contributed by atoms with E-state index in [1.165, 1.54) is 55.5 Å². The Labute approximate surface area is 156 Å². The SMILES string of the molecule is FC(F)(F)Oc1ccc(-n2nc(C3CCCCC3)c3c2NCCCC3)cc1. The van der Waals surface area contributed by atoms with Crippen LogP contribution in [0.3, 0.4) is 0 Å². The van der Waals surface area contributed by atoms with Crippen molar-refractivity contribution in [3.63, 3.8) is 0 Å². The van der Waals surface area contributed by atoms with Gasteiger partial charge in [-0.2, -0.15) is 5.10 Å². The molecule has 1 aromatic carbocycles. The van der Waals surface area contributed by atoms with E-state index in [4.69, 9.17) is 5.10 Å². The fourth-order valence-corrected chi connectivity index (χ4v) is 4.21. The van der Waals surface area contributed by atoms with E-state index in [1.54, 1.807) is 12.1 Å². The molecule has 1 aromatic heterocycles. The Morgan fingerprint density at radius 1 is 1.00 bits per heavy atom. The molecule has 0 bridgehead atoms. The van der Waals surface area contributed by atoms with Gasteiger partial charge in [0.25, 0.3) is 0 Å². The van der Waals surface area contributed by atoms with E-state index >= 15 is 0 Å². The monoisotopic (exact) mass is 379 g/mol. The van der Waals surface area contributed by atoms with Crippen LogP contribution < -0.4 is 10.1 Å². The third-order valence-electron chi connectivity index (χ3n) is 5.47. The topological polar surface area (TPSA) is 39.1 Å². The van der Waals surface area contributed by atoms with Gasteiger partial charge < -0.3 is 10.1 Å². The van der Waals surface area contributed by atoms with Crippen molar-refractivity contribution in [2.45, 2.75) is 63.6 Å². The Hall–Kier alpha value is -2.18. The van der Waals surface area contributed by atoms with E-state index in [9.17, 15) is 13.2 Å². The average molecular weight is 379 g/mol. The minimum absolute atomic E-state index is 0.218. The van der Waals surface area contributed by atoms with Crippen molar-refractivity contribution in [2.75, 3.05) is 11.9 Å². The van der Waals surface area contributed by atoms with Crippen LogP contribution in [-0.4, -0.2) is 22.7 Å². The van der Waals surface area contributed by atoms with Crippen molar-refractivity contribution in [2.24, 2.45) is 0 Å². The van der Waals surface area contributed by atoms with Crippen LogP contribution >= 0.6 is 0 Å². The third kappa shape index (κ3) is 4.06. The number of ether oxygens (including phenoxy) is 1. The Bertz CT molecular complexity index is 777. The summed E-state index contributed by atoms with van der Waals surface area (Å²) in [4.78, 5) is 0. The molecule has 1 fully saturated rings. The summed E-state index contributed by atoms with van der Waals surface area (Å²) in [5.41, 5.74) is 3.21. The van der Waals surface area contributed by atoms with Gasteiger partial charge in [0.1, 0.15) is 11.6 Å². The van der Waals surface area contributed by atoms with Gasteiger partial charge in [0, 0.05) is 18.0 Å². The van der Waals surface area contributed by atoms with Gasteiger partial charge in [-0.15, -0.1) is 13.2 Å². The zero-order chi connectivity index (χ0) is 18.9. The number of benzene rings is 1. The van der Waals surface area contributed by atoms with Crippen molar-refractivity contribution >= 4 is 5.82 Å². The standard InChI is InChI=1S/C20H24F3N3O/c21-20(22,23)27-16-11-9-15(10-12-16)26-19-17(8-4-5-13-24-19)18(25-26)14-6-2-1-3-7-14/h9-12,14,24H,1-8,13H2. The van der Waals surface area contributed by atoms with Gasteiger partial charge in [-0.1, -0.05) is 19.3 Å². The molecule has 0 atom stereocenters. The van der Waals surface area contributed by atoms with Gasteiger partial charge in [-0.3, -0.25) is 0 Å². The number of anilines is 1. The number of alkyl halides is 3. The van der Waals surface area contributed by atoms with Gasteiger partial charge in [0.2, 0.25) is 0 Å². The van der Waals surface area contributed by atoms with Crippen molar-refractivity contribution < 1.29 is 17.9 Å². The van der Waals surface area contributed by atoms with E-state index in [0.29, 0.717) is 5.92 Å². The molecule has 2 aromatic rings. The molecule has 1 aliphatic carbocycles. The summed E-state index contributed by atoms with van der Waals surface area (Å²) in [6.07, 6.45) is 4.67. The molecule has 0 unspecified atom stereocenters. The summed E-state index contributed by atoms with van der Waals surface area (Å²) in [5, 5.41) is 8.42. The first-order valence-corrected chi connectivity index (χ1v) is 9.73.